The molecule has 3 nitrogen and oxygen atoms in total. The lowest BCUT2D eigenvalue weighted by Crippen LogP contribution is -2.65. The van der Waals surface area contributed by atoms with Crippen molar-refractivity contribution in [3.8, 4) is 0 Å². The van der Waals surface area contributed by atoms with Crippen LogP contribution in [0.1, 0.15) is 105 Å². The predicted molar refractivity (Wildman–Crippen MR) is 153 cm³/mol. The zero-order valence-corrected chi connectivity index (χ0v) is 24.1. The third-order valence-electron chi connectivity index (χ3n) is 12.4. The summed E-state index contributed by atoms with van der Waals surface area (Å²) in [5, 5.41) is 0. The molecular formula is C33H54N2O. The number of likely N-dealkylation sites (N-methyl/N-ethyl adjacent to an activating group) is 1. The fourth-order valence-electron chi connectivity index (χ4n) is 10.2. The third-order valence-corrected chi connectivity index (χ3v) is 12.4. The molecule has 0 spiro atoms. The highest BCUT2D eigenvalue weighted by atomic mass is 16.2. The van der Waals surface area contributed by atoms with Crippen molar-refractivity contribution in [1.82, 2.24) is 4.90 Å². The van der Waals surface area contributed by atoms with Gasteiger partial charge in [-0.1, -0.05) is 53.2 Å². The summed E-state index contributed by atoms with van der Waals surface area (Å²) in [6.07, 6.45) is 18.8. The van der Waals surface area contributed by atoms with E-state index in [0.717, 1.165) is 37.0 Å². The molecule has 0 saturated heterocycles. The molecule has 0 aromatic rings. The molecule has 0 heterocycles. The van der Waals surface area contributed by atoms with Gasteiger partial charge in [0.05, 0.1) is 5.54 Å². The van der Waals surface area contributed by atoms with Crippen LogP contribution in [-0.4, -0.2) is 36.2 Å². The highest BCUT2D eigenvalue weighted by molar-refractivity contribution is 5.87. The van der Waals surface area contributed by atoms with Crippen molar-refractivity contribution in [2.24, 2.45) is 51.3 Å². The first-order valence-electron chi connectivity index (χ1n) is 15.1. The van der Waals surface area contributed by atoms with Crippen LogP contribution in [0.25, 0.3) is 0 Å². The summed E-state index contributed by atoms with van der Waals surface area (Å²) in [6, 6.07) is 0.330. The average Bonchev–Trinajstić information content (AvgIpc) is 3.21. The lowest BCUT2D eigenvalue weighted by Gasteiger charge is -2.66. The van der Waals surface area contributed by atoms with Crippen molar-refractivity contribution in [3.63, 3.8) is 0 Å². The fraction of sp³-hybridized carbons (Fsp3) is 0.818. The number of hydrogen-bond acceptors (Lipinski definition) is 2. The molecule has 36 heavy (non-hydrogen) atoms. The molecule has 0 radical (unpaired) electrons. The van der Waals surface area contributed by atoms with Crippen LogP contribution in [0.2, 0.25) is 0 Å². The van der Waals surface area contributed by atoms with Crippen molar-refractivity contribution in [1.29, 1.82) is 0 Å². The number of aliphatic imine (C=N–C) groups is 1. The Morgan fingerprint density at radius 1 is 1.03 bits per heavy atom. The zero-order valence-electron chi connectivity index (χ0n) is 24.1. The van der Waals surface area contributed by atoms with Crippen molar-refractivity contribution in [2.45, 2.75) is 116 Å². The number of carbonyl (C=O) groups excluding carboxylic acids is 1. The number of fused-ring (bicyclic) bond motifs is 5. The molecular weight excluding hydrogens is 440 g/mol. The Hall–Kier alpha value is -1.38. The van der Waals surface area contributed by atoms with Gasteiger partial charge in [-0.3, -0.25) is 9.79 Å². The molecule has 0 aromatic heterocycles. The topological polar surface area (TPSA) is 32.7 Å². The highest BCUT2D eigenvalue weighted by Crippen LogP contribution is 2.71. The minimum absolute atomic E-state index is 0.00227. The van der Waals surface area contributed by atoms with Crippen LogP contribution >= 0.6 is 0 Å². The van der Waals surface area contributed by atoms with Gasteiger partial charge in [-0.05, 0) is 123 Å². The second-order valence-corrected chi connectivity index (χ2v) is 14.0. The normalized spacial score (nSPS) is 42.6. The first-order chi connectivity index (χ1) is 17.1. The van der Waals surface area contributed by atoms with Gasteiger partial charge in [0.2, 0.25) is 5.91 Å². The number of carbonyl (C=O) groups is 1. The van der Waals surface area contributed by atoms with Crippen LogP contribution < -0.4 is 0 Å². The first-order valence-corrected chi connectivity index (χ1v) is 15.1. The Morgan fingerprint density at radius 2 is 1.75 bits per heavy atom. The maximum absolute atomic E-state index is 12.3. The Balaban J connectivity index is 1.55. The van der Waals surface area contributed by atoms with Gasteiger partial charge in [0.1, 0.15) is 0 Å². The highest BCUT2D eigenvalue weighted by Gasteiger charge is 2.67. The van der Waals surface area contributed by atoms with Gasteiger partial charge in [-0.25, -0.2) is 0 Å². The Bertz CT molecular complexity index is 849. The lowest BCUT2D eigenvalue weighted by atomic mass is 9.41. The van der Waals surface area contributed by atoms with Crippen molar-refractivity contribution < 1.29 is 4.79 Å². The summed E-state index contributed by atoms with van der Waals surface area (Å²) in [6.45, 7) is 22.2. The van der Waals surface area contributed by atoms with Crippen molar-refractivity contribution in [3.05, 3.63) is 25.3 Å². The van der Waals surface area contributed by atoms with Crippen LogP contribution in [0.4, 0.5) is 0 Å². The quantitative estimate of drug-likeness (QED) is 0.181. The van der Waals surface area contributed by atoms with Crippen LogP contribution in [0.5, 0.6) is 0 Å². The van der Waals surface area contributed by atoms with Crippen LogP contribution in [-0.2, 0) is 4.79 Å². The standard InChI is InChI=1S/C33H54N2O/c1-9-24(13-11-12-23(3)4)27-16-17-28-29-15-14-25-22-26(35(8)30(36)10-2)18-19-32(25,6)33(29,34-7)21-20-31(27,28)5/h9-10,23-29H,1-2,7,11-22H2,3-6,8H3/t24-,25?,26+,27-,28?,29?,31-,32+,33?/m1/s1. The van der Waals surface area contributed by atoms with Crippen molar-refractivity contribution in [2.75, 3.05) is 7.05 Å². The second kappa shape index (κ2) is 10.4. The van der Waals surface area contributed by atoms with E-state index in [-0.39, 0.29) is 16.9 Å². The number of allylic oxidation sites excluding steroid dienone is 1. The lowest BCUT2D eigenvalue weighted by molar-refractivity contribution is -0.144. The van der Waals surface area contributed by atoms with E-state index >= 15 is 0 Å². The fourth-order valence-corrected chi connectivity index (χ4v) is 10.2. The van der Waals surface area contributed by atoms with Gasteiger partial charge in [0.25, 0.3) is 0 Å². The van der Waals surface area contributed by atoms with E-state index in [1.54, 1.807) is 0 Å². The van der Waals surface area contributed by atoms with Gasteiger partial charge >= 0.3 is 0 Å². The summed E-state index contributed by atoms with van der Waals surface area (Å²) >= 11 is 0. The molecule has 9 atom stereocenters. The molecule has 0 bridgehead atoms. The number of rotatable bonds is 9. The number of nitrogens with zero attached hydrogens (tertiary/aromatic N) is 2. The zero-order chi connectivity index (χ0) is 26.3. The average molecular weight is 495 g/mol. The molecule has 4 aliphatic rings. The van der Waals surface area contributed by atoms with E-state index in [1.165, 1.54) is 63.9 Å². The minimum Gasteiger partial charge on any atom is -0.339 e. The van der Waals surface area contributed by atoms with Crippen molar-refractivity contribution >= 4 is 12.6 Å². The van der Waals surface area contributed by atoms with E-state index < -0.39 is 0 Å². The maximum Gasteiger partial charge on any atom is 0.245 e. The van der Waals surface area contributed by atoms with Gasteiger partial charge < -0.3 is 4.90 Å². The van der Waals surface area contributed by atoms with Gasteiger partial charge in [0, 0.05) is 13.1 Å². The van der Waals surface area contributed by atoms with Crippen LogP contribution in [0.15, 0.2) is 30.3 Å². The maximum atomic E-state index is 12.3. The molecule has 4 fully saturated rings. The molecule has 0 N–H and O–H groups in total. The SMILES string of the molecule is C=CC(=O)N(C)[C@H]1CC[C@@]2(C)C(CCC3C4CC[C@H]([C@H](C=C)CCCC(C)C)[C@@]4(C)CCC32N=C)C1. The molecule has 3 heteroatoms. The summed E-state index contributed by atoms with van der Waals surface area (Å²) in [5.74, 6) is 4.32. The molecule has 0 aliphatic heterocycles. The summed E-state index contributed by atoms with van der Waals surface area (Å²) < 4.78 is 0. The molecule has 4 saturated carbocycles. The largest absolute Gasteiger partial charge is 0.339 e. The molecule has 202 valence electrons. The molecule has 4 aliphatic carbocycles. The molecule has 4 unspecified atom stereocenters. The van der Waals surface area contributed by atoms with E-state index in [0.29, 0.717) is 29.2 Å². The summed E-state index contributed by atoms with van der Waals surface area (Å²) in [5.41, 5.74) is 0.607. The summed E-state index contributed by atoms with van der Waals surface area (Å²) in [7, 11) is 1.96. The minimum atomic E-state index is 0.00227. The Kier molecular flexibility index (Phi) is 8.00. The van der Waals surface area contributed by atoms with Gasteiger partial charge in [-0.15, -0.1) is 6.58 Å². The van der Waals surface area contributed by atoms with Crippen LogP contribution in [0.3, 0.4) is 0 Å². The van der Waals surface area contributed by atoms with Crippen LogP contribution in [0, 0.1) is 46.3 Å². The number of hydrogen-bond donors (Lipinski definition) is 0. The van der Waals surface area contributed by atoms with Gasteiger partial charge in [0.15, 0.2) is 0 Å². The number of amides is 1. The predicted octanol–water partition coefficient (Wildman–Crippen LogP) is 8.11. The first kappa shape index (κ1) is 27.6. The van der Waals surface area contributed by atoms with E-state index in [1.807, 2.05) is 11.9 Å². The molecule has 0 aromatic carbocycles. The third kappa shape index (κ3) is 4.25. The monoisotopic (exact) mass is 494 g/mol. The smallest absolute Gasteiger partial charge is 0.245 e. The second-order valence-electron chi connectivity index (χ2n) is 14.0. The van der Waals surface area contributed by atoms with E-state index in [2.05, 4.69) is 53.6 Å². The van der Waals surface area contributed by atoms with E-state index in [4.69, 9.17) is 4.99 Å². The Morgan fingerprint density at radius 3 is 2.39 bits per heavy atom. The Labute approximate surface area is 222 Å². The molecule has 1 amide bonds. The summed E-state index contributed by atoms with van der Waals surface area (Å²) in [4.78, 5) is 19.4. The van der Waals surface area contributed by atoms with E-state index in [9.17, 15) is 4.79 Å². The van der Waals surface area contributed by atoms with Gasteiger partial charge in [-0.2, -0.15) is 0 Å². The molecule has 4 rings (SSSR count).